The van der Waals surface area contributed by atoms with Crippen molar-refractivity contribution in [2.24, 2.45) is 5.10 Å². The molecular formula is C16H14N4O2S2. The summed E-state index contributed by atoms with van der Waals surface area (Å²) >= 11 is 2.77. The van der Waals surface area contributed by atoms with Crippen LogP contribution in [0.15, 0.2) is 40.3 Å². The summed E-state index contributed by atoms with van der Waals surface area (Å²) in [5, 5.41) is 8.92. The highest BCUT2D eigenvalue weighted by atomic mass is 32.1. The SMILES string of the molecule is CC(C)=NNC(=O)c1ccsc1NC(=O)c1ccc2ncsc2c1. The maximum Gasteiger partial charge on any atom is 0.274 e. The van der Waals surface area contributed by atoms with Gasteiger partial charge in [-0.2, -0.15) is 5.10 Å². The van der Waals surface area contributed by atoms with Crippen molar-refractivity contribution in [3.63, 3.8) is 0 Å². The molecule has 8 heteroatoms. The van der Waals surface area contributed by atoms with E-state index in [1.807, 2.05) is 6.07 Å². The van der Waals surface area contributed by atoms with Crippen LogP contribution in [0.1, 0.15) is 34.6 Å². The lowest BCUT2D eigenvalue weighted by Crippen LogP contribution is -2.20. The van der Waals surface area contributed by atoms with Crippen molar-refractivity contribution >= 4 is 55.4 Å². The first-order chi connectivity index (χ1) is 11.5. The number of fused-ring (bicyclic) bond motifs is 1. The number of thiazole rings is 1. The molecule has 2 aromatic heterocycles. The van der Waals surface area contributed by atoms with Gasteiger partial charge in [-0.15, -0.1) is 22.7 Å². The molecule has 0 unspecified atom stereocenters. The van der Waals surface area contributed by atoms with Gasteiger partial charge in [0.25, 0.3) is 11.8 Å². The Morgan fingerprint density at radius 2 is 1.96 bits per heavy atom. The van der Waals surface area contributed by atoms with Crippen molar-refractivity contribution in [1.82, 2.24) is 10.4 Å². The molecular weight excluding hydrogens is 344 g/mol. The summed E-state index contributed by atoms with van der Waals surface area (Å²) in [6, 6.07) is 6.97. The van der Waals surface area contributed by atoms with E-state index < -0.39 is 0 Å². The molecule has 2 amide bonds. The molecule has 0 saturated heterocycles. The van der Waals surface area contributed by atoms with Gasteiger partial charge in [0.2, 0.25) is 0 Å². The van der Waals surface area contributed by atoms with Crippen molar-refractivity contribution in [2.45, 2.75) is 13.8 Å². The van der Waals surface area contributed by atoms with E-state index in [4.69, 9.17) is 0 Å². The van der Waals surface area contributed by atoms with Crippen molar-refractivity contribution < 1.29 is 9.59 Å². The average molecular weight is 358 g/mol. The minimum Gasteiger partial charge on any atom is -0.313 e. The van der Waals surface area contributed by atoms with E-state index >= 15 is 0 Å². The number of hydrazone groups is 1. The Labute approximate surface area is 146 Å². The van der Waals surface area contributed by atoms with Gasteiger partial charge in [-0.25, -0.2) is 10.4 Å². The summed E-state index contributed by atoms with van der Waals surface area (Å²) in [6.45, 7) is 3.57. The maximum atomic E-state index is 12.4. The van der Waals surface area contributed by atoms with Gasteiger partial charge in [0, 0.05) is 11.3 Å². The number of carbonyl (C=O) groups excluding carboxylic acids is 2. The van der Waals surface area contributed by atoms with E-state index in [9.17, 15) is 9.59 Å². The highest BCUT2D eigenvalue weighted by Gasteiger charge is 2.16. The monoisotopic (exact) mass is 358 g/mol. The van der Waals surface area contributed by atoms with Crippen molar-refractivity contribution in [1.29, 1.82) is 0 Å². The minimum absolute atomic E-state index is 0.267. The number of thiophene rings is 1. The molecule has 0 aliphatic rings. The van der Waals surface area contributed by atoms with Gasteiger partial charge >= 0.3 is 0 Å². The smallest absolute Gasteiger partial charge is 0.274 e. The van der Waals surface area contributed by atoms with Crippen LogP contribution in [0.25, 0.3) is 10.2 Å². The molecule has 0 atom stereocenters. The molecule has 122 valence electrons. The zero-order valence-corrected chi connectivity index (χ0v) is 14.6. The zero-order chi connectivity index (χ0) is 17.1. The van der Waals surface area contributed by atoms with E-state index in [0.717, 1.165) is 15.9 Å². The fourth-order valence-corrected chi connectivity index (χ4v) is 3.48. The average Bonchev–Trinajstić information content (AvgIpc) is 3.20. The second-order valence-electron chi connectivity index (χ2n) is 5.15. The Balaban J connectivity index is 1.78. The van der Waals surface area contributed by atoms with Crippen LogP contribution in [-0.4, -0.2) is 22.5 Å². The number of anilines is 1. The number of nitrogens with one attached hydrogen (secondary N) is 2. The van der Waals surface area contributed by atoms with Crippen molar-refractivity contribution in [2.75, 3.05) is 5.32 Å². The Hall–Kier alpha value is -2.58. The Bertz CT molecular complexity index is 938. The second-order valence-corrected chi connectivity index (χ2v) is 6.95. The highest BCUT2D eigenvalue weighted by Crippen LogP contribution is 2.25. The predicted octanol–water partition coefficient (Wildman–Crippen LogP) is 3.74. The molecule has 0 saturated carbocycles. The van der Waals surface area contributed by atoms with Crippen LogP contribution in [0.4, 0.5) is 5.00 Å². The lowest BCUT2D eigenvalue weighted by atomic mass is 10.2. The number of benzene rings is 1. The standard InChI is InChI=1S/C16H14N4O2S2/c1-9(2)19-20-15(22)11-5-6-23-16(11)18-14(21)10-3-4-12-13(7-10)24-8-17-12/h3-8H,1-2H3,(H,18,21)(H,20,22). The van der Waals surface area contributed by atoms with Crippen LogP contribution in [0.3, 0.4) is 0 Å². The van der Waals surface area contributed by atoms with Crippen LogP contribution in [0.2, 0.25) is 0 Å². The lowest BCUT2D eigenvalue weighted by molar-refractivity contribution is 0.0956. The molecule has 1 aromatic carbocycles. The van der Waals surface area contributed by atoms with Gasteiger partial charge in [0.1, 0.15) is 5.00 Å². The molecule has 0 fully saturated rings. The first kappa shape index (κ1) is 16.3. The third kappa shape index (κ3) is 3.50. The van der Waals surface area contributed by atoms with Crippen LogP contribution in [-0.2, 0) is 0 Å². The molecule has 2 N–H and O–H groups in total. The fourth-order valence-electron chi connectivity index (χ4n) is 1.98. The van der Waals surface area contributed by atoms with E-state index in [0.29, 0.717) is 16.1 Å². The largest absolute Gasteiger partial charge is 0.313 e. The zero-order valence-electron chi connectivity index (χ0n) is 13.0. The van der Waals surface area contributed by atoms with Gasteiger partial charge in [-0.05, 0) is 43.5 Å². The predicted molar refractivity (Wildman–Crippen MR) is 98.1 cm³/mol. The summed E-state index contributed by atoms with van der Waals surface area (Å²) in [5.41, 5.74) is 6.70. The van der Waals surface area contributed by atoms with Gasteiger partial charge in [-0.3, -0.25) is 9.59 Å². The number of nitrogens with zero attached hydrogens (tertiary/aromatic N) is 2. The molecule has 3 rings (SSSR count). The Kier molecular flexibility index (Phi) is 4.68. The van der Waals surface area contributed by atoms with Gasteiger partial charge in [0.15, 0.2) is 0 Å². The molecule has 0 aliphatic heterocycles. The minimum atomic E-state index is -0.356. The quantitative estimate of drug-likeness (QED) is 0.550. The van der Waals surface area contributed by atoms with E-state index in [-0.39, 0.29) is 11.8 Å². The molecule has 0 bridgehead atoms. The number of hydrogen-bond acceptors (Lipinski definition) is 6. The molecule has 0 aliphatic carbocycles. The molecule has 6 nitrogen and oxygen atoms in total. The van der Waals surface area contributed by atoms with E-state index in [2.05, 4.69) is 20.8 Å². The number of amides is 2. The molecule has 24 heavy (non-hydrogen) atoms. The summed E-state index contributed by atoms with van der Waals surface area (Å²) in [7, 11) is 0. The molecule has 2 heterocycles. The van der Waals surface area contributed by atoms with E-state index in [1.54, 1.807) is 42.9 Å². The summed E-state index contributed by atoms with van der Waals surface area (Å²) in [6.07, 6.45) is 0. The van der Waals surface area contributed by atoms with Crippen molar-refractivity contribution in [3.05, 3.63) is 46.3 Å². The number of rotatable bonds is 4. The van der Waals surface area contributed by atoms with Crippen molar-refractivity contribution in [3.8, 4) is 0 Å². The third-order valence-corrected chi connectivity index (χ3v) is 4.73. The normalized spacial score (nSPS) is 10.4. The van der Waals surface area contributed by atoms with Gasteiger partial charge in [-0.1, -0.05) is 0 Å². The topological polar surface area (TPSA) is 83.5 Å². The Morgan fingerprint density at radius 1 is 1.12 bits per heavy atom. The maximum absolute atomic E-state index is 12.4. The molecule has 0 spiro atoms. The Morgan fingerprint density at radius 3 is 2.75 bits per heavy atom. The number of carbonyl (C=O) groups is 2. The highest BCUT2D eigenvalue weighted by molar-refractivity contribution is 7.16. The van der Waals surface area contributed by atoms with E-state index in [1.165, 1.54) is 22.7 Å². The first-order valence-corrected chi connectivity index (χ1v) is 8.84. The van der Waals surface area contributed by atoms with Gasteiger partial charge in [0.05, 0.1) is 21.3 Å². The molecule has 3 aromatic rings. The third-order valence-electron chi connectivity index (χ3n) is 3.11. The number of hydrogen-bond donors (Lipinski definition) is 2. The lowest BCUT2D eigenvalue weighted by Gasteiger charge is -2.06. The second kappa shape index (κ2) is 6.90. The van der Waals surface area contributed by atoms with Gasteiger partial charge < -0.3 is 5.32 Å². The number of aromatic nitrogens is 1. The summed E-state index contributed by atoms with van der Waals surface area (Å²) < 4.78 is 0.944. The summed E-state index contributed by atoms with van der Waals surface area (Å²) in [4.78, 5) is 28.7. The van der Waals surface area contributed by atoms with Crippen LogP contribution >= 0.6 is 22.7 Å². The van der Waals surface area contributed by atoms with Crippen LogP contribution < -0.4 is 10.7 Å². The fraction of sp³-hybridized carbons (Fsp3) is 0.125. The van der Waals surface area contributed by atoms with Crippen LogP contribution in [0.5, 0.6) is 0 Å². The van der Waals surface area contributed by atoms with Crippen LogP contribution in [0, 0.1) is 0 Å². The first-order valence-electron chi connectivity index (χ1n) is 7.08. The molecule has 0 radical (unpaired) electrons. The summed E-state index contributed by atoms with van der Waals surface area (Å²) in [5.74, 6) is -0.623.